The largest absolute Gasteiger partial charge is 0.400 e. The van der Waals surface area contributed by atoms with Crippen molar-refractivity contribution in [2.45, 2.75) is 6.92 Å². The highest BCUT2D eigenvalue weighted by Crippen LogP contribution is 2.32. The average Bonchev–Trinajstić information content (AvgIpc) is 2.87. The topological polar surface area (TPSA) is 49.5 Å². The van der Waals surface area contributed by atoms with Gasteiger partial charge in [-0.2, -0.15) is 0 Å². The van der Waals surface area contributed by atoms with Crippen molar-refractivity contribution in [3.05, 3.63) is 120 Å². The lowest BCUT2D eigenvalue weighted by atomic mass is 10.1. The Morgan fingerprint density at radius 1 is 0.714 bits per heavy atom. The van der Waals surface area contributed by atoms with Crippen LogP contribution in [0.1, 0.15) is 11.1 Å². The zero-order valence-corrected chi connectivity index (χ0v) is 21.9. The number of aryl methyl sites for hydroxylation is 1. The summed E-state index contributed by atoms with van der Waals surface area (Å²) in [5.41, 5.74) is 8.63. The molecule has 4 aromatic carbocycles. The molecule has 0 atom stereocenters. The highest BCUT2D eigenvalue weighted by Gasteiger charge is 2.14. The molecular formula is C31H35N2OP. The summed E-state index contributed by atoms with van der Waals surface area (Å²) in [6, 6.07) is 38.2. The summed E-state index contributed by atoms with van der Waals surface area (Å²) < 4.78 is 0. The second-order valence-corrected chi connectivity index (χ2v) is 10.2. The number of hydrogen-bond donors (Lipinski definition) is 2. The molecule has 0 aliphatic rings. The van der Waals surface area contributed by atoms with Crippen molar-refractivity contribution >= 4 is 29.5 Å². The van der Waals surface area contributed by atoms with Crippen LogP contribution in [0.4, 0.5) is 5.69 Å². The zero-order valence-electron chi connectivity index (χ0n) is 21.0. The van der Waals surface area contributed by atoms with Gasteiger partial charge in [0.05, 0.1) is 6.54 Å². The summed E-state index contributed by atoms with van der Waals surface area (Å²) in [6.45, 7) is 2.79. The van der Waals surface area contributed by atoms with Gasteiger partial charge in [-0.25, -0.2) is 0 Å². The molecule has 0 radical (unpaired) electrons. The molecule has 0 bridgehead atoms. The highest BCUT2D eigenvalue weighted by molar-refractivity contribution is 7.79. The number of benzene rings is 4. The van der Waals surface area contributed by atoms with Gasteiger partial charge in [0, 0.05) is 18.4 Å². The standard InChI is InChI=1S/C18H15P.C12H16N2.CH4O/c1-4-10-16(11-5-1)19(17-12-6-2-7-13-17)18-14-8-3-9-15-18;1-10-7-11(9-12(13)8-10)5-4-6-14(2)3;1-2/h1-15H;7-9H,6,13H2,1-3H3;2H,1H3. The molecule has 4 heteroatoms. The van der Waals surface area contributed by atoms with Crippen LogP contribution < -0.4 is 21.6 Å². The van der Waals surface area contributed by atoms with Gasteiger partial charge in [0.2, 0.25) is 0 Å². The lowest BCUT2D eigenvalue weighted by Gasteiger charge is -2.18. The monoisotopic (exact) mass is 482 g/mol. The van der Waals surface area contributed by atoms with Crippen molar-refractivity contribution in [2.75, 3.05) is 33.5 Å². The van der Waals surface area contributed by atoms with Crippen molar-refractivity contribution < 1.29 is 5.11 Å². The molecule has 4 rings (SSSR count). The minimum Gasteiger partial charge on any atom is -0.400 e. The number of aliphatic hydroxyl groups is 1. The summed E-state index contributed by atoms with van der Waals surface area (Å²) in [5.74, 6) is 6.16. The maximum atomic E-state index is 7.00. The quantitative estimate of drug-likeness (QED) is 0.255. The van der Waals surface area contributed by atoms with Gasteiger partial charge in [-0.3, -0.25) is 4.90 Å². The molecule has 0 spiro atoms. The number of rotatable bonds is 4. The summed E-state index contributed by atoms with van der Waals surface area (Å²) in [5, 5.41) is 11.2. The van der Waals surface area contributed by atoms with Crippen molar-refractivity contribution in [3.8, 4) is 11.8 Å². The fraction of sp³-hybridized carbons (Fsp3) is 0.161. The van der Waals surface area contributed by atoms with E-state index in [2.05, 4.69) is 103 Å². The third kappa shape index (κ3) is 9.77. The Balaban J connectivity index is 0.000000241. The molecule has 0 fully saturated rings. The minimum atomic E-state index is -0.446. The molecular weight excluding hydrogens is 447 g/mol. The van der Waals surface area contributed by atoms with Crippen LogP contribution in [0.5, 0.6) is 0 Å². The van der Waals surface area contributed by atoms with Crippen molar-refractivity contribution in [2.24, 2.45) is 0 Å². The van der Waals surface area contributed by atoms with E-state index < -0.39 is 7.92 Å². The second kappa shape index (κ2) is 15.5. The van der Waals surface area contributed by atoms with Crippen LogP contribution in [0.2, 0.25) is 0 Å². The molecule has 0 saturated carbocycles. The van der Waals surface area contributed by atoms with E-state index in [0.29, 0.717) is 0 Å². The molecule has 0 aromatic heterocycles. The number of nitrogens with zero attached hydrogens (tertiary/aromatic N) is 1. The van der Waals surface area contributed by atoms with Gasteiger partial charge in [-0.05, 0) is 68.6 Å². The van der Waals surface area contributed by atoms with Gasteiger partial charge in [-0.15, -0.1) is 0 Å². The average molecular weight is 483 g/mol. The number of nitrogens with two attached hydrogens (primary N) is 1. The third-order valence-electron chi connectivity index (χ3n) is 4.77. The Morgan fingerprint density at radius 3 is 1.51 bits per heavy atom. The number of nitrogen functional groups attached to an aromatic ring is 1. The van der Waals surface area contributed by atoms with E-state index in [1.165, 1.54) is 15.9 Å². The number of anilines is 1. The fourth-order valence-electron chi connectivity index (χ4n) is 3.36. The molecule has 4 aromatic rings. The lowest BCUT2D eigenvalue weighted by molar-refractivity contribution is 0.399. The normalized spacial score (nSPS) is 9.80. The number of aliphatic hydroxyl groups excluding tert-OH is 1. The molecule has 0 heterocycles. The van der Waals surface area contributed by atoms with Gasteiger partial charge < -0.3 is 10.8 Å². The molecule has 0 amide bonds. The summed E-state index contributed by atoms with van der Waals surface area (Å²) in [7, 11) is 4.55. The fourth-order valence-corrected chi connectivity index (χ4v) is 5.67. The first-order valence-corrected chi connectivity index (χ1v) is 12.8. The maximum Gasteiger partial charge on any atom is 0.0600 e. The molecule has 35 heavy (non-hydrogen) atoms. The Kier molecular flexibility index (Phi) is 12.3. The predicted octanol–water partition coefficient (Wildman–Crippen LogP) is 4.54. The van der Waals surface area contributed by atoms with E-state index in [4.69, 9.17) is 10.8 Å². The molecule has 0 aliphatic heterocycles. The van der Waals surface area contributed by atoms with Gasteiger partial charge >= 0.3 is 0 Å². The first-order valence-electron chi connectivity index (χ1n) is 11.4. The Labute approximate surface area is 212 Å². The first kappa shape index (κ1) is 27.8. The summed E-state index contributed by atoms with van der Waals surface area (Å²) >= 11 is 0. The zero-order chi connectivity index (χ0) is 25.5. The van der Waals surface area contributed by atoms with Crippen LogP contribution in [0.25, 0.3) is 0 Å². The second-order valence-electron chi connectivity index (χ2n) is 8.01. The van der Waals surface area contributed by atoms with Crippen LogP contribution >= 0.6 is 7.92 Å². The highest BCUT2D eigenvalue weighted by atomic mass is 31.1. The Bertz CT molecular complexity index is 1070. The van der Waals surface area contributed by atoms with Gasteiger partial charge in [0.15, 0.2) is 0 Å². The first-order chi connectivity index (χ1) is 17.0. The van der Waals surface area contributed by atoms with Crippen molar-refractivity contribution in [1.82, 2.24) is 4.90 Å². The van der Waals surface area contributed by atoms with E-state index in [9.17, 15) is 0 Å². The minimum absolute atomic E-state index is 0.446. The smallest absolute Gasteiger partial charge is 0.0600 e. The maximum absolute atomic E-state index is 7.00. The SMILES string of the molecule is CO.Cc1cc(N)cc(C#CCN(C)C)c1.c1ccc(P(c2ccccc2)c2ccccc2)cc1. The third-order valence-corrected chi connectivity index (χ3v) is 7.21. The van der Waals surface area contributed by atoms with Crippen LogP contribution in [0.3, 0.4) is 0 Å². The van der Waals surface area contributed by atoms with Gasteiger partial charge in [0.25, 0.3) is 0 Å². The molecule has 3 N–H and O–H groups in total. The number of hydrogen-bond acceptors (Lipinski definition) is 3. The summed E-state index contributed by atoms with van der Waals surface area (Å²) in [6.07, 6.45) is 0. The Hall–Kier alpha value is -3.41. The van der Waals surface area contributed by atoms with E-state index in [-0.39, 0.29) is 0 Å². The van der Waals surface area contributed by atoms with E-state index >= 15 is 0 Å². The predicted molar refractivity (Wildman–Crippen MR) is 154 cm³/mol. The molecule has 0 saturated heterocycles. The molecule has 180 valence electrons. The molecule has 0 unspecified atom stereocenters. The van der Waals surface area contributed by atoms with Crippen LogP contribution in [0, 0.1) is 18.8 Å². The molecule has 0 aliphatic carbocycles. The van der Waals surface area contributed by atoms with Crippen LogP contribution in [-0.2, 0) is 0 Å². The van der Waals surface area contributed by atoms with Gasteiger partial charge in [-0.1, -0.05) is 103 Å². The van der Waals surface area contributed by atoms with E-state index in [0.717, 1.165) is 30.5 Å². The van der Waals surface area contributed by atoms with Gasteiger partial charge in [0.1, 0.15) is 0 Å². The Morgan fingerprint density at radius 2 is 1.14 bits per heavy atom. The van der Waals surface area contributed by atoms with Crippen molar-refractivity contribution in [3.63, 3.8) is 0 Å². The lowest BCUT2D eigenvalue weighted by Crippen LogP contribution is -2.20. The van der Waals surface area contributed by atoms with Crippen molar-refractivity contribution in [1.29, 1.82) is 0 Å². The molecule has 3 nitrogen and oxygen atoms in total. The van der Waals surface area contributed by atoms with Crippen LogP contribution in [-0.4, -0.2) is 37.8 Å². The van der Waals surface area contributed by atoms with E-state index in [1.54, 1.807) is 0 Å². The summed E-state index contributed by atoms with van der Waals surface area (Å²) in [4.78, 5) is 2.03. The van der Waals surface area contributed by atoms with Crippen LogP contribution in [0.15, 0.2) is 109 Å². The van der Waals surface area contributed by atoms with E-state index in [1.807, 2.05) is 44.1 Å².